The van der Waals surface area contributed by atoms with Crippen LogP contribution in [0.5, 0.6) is 0 Å². The molecule has 0 saturated heterocycles. The van der Waals surface area contributed by atoms with E-state index in [0.717, 1.165) is 17.9 Å². The number of aryl methyl sites for hydroxylation is 1. The van der Waals surface area contributed by atoms with E-state index in [2.05, 4.69) is 21.4 Å². The fourth-order valence-electron chi connectivity index (χ4n) is 1.43. The average molecular weight is 219 g/mol. The molecule has 0 aliphatic carbocycles. The Kier molecular flexibility index (Phi) is 3.08. The van der Waals surface area contributed by atoms with Crippen LogP contribution in [0.2, 0.25) is 0 Å². The quantitative estimate of drug-likeness (QED) is 0.860. The Bertz CT molecular complexity index is 425. The first-order valence-corrected chi connectivity index (χ1v) is 5.71. The van der Waals surface area contributed by atoms with Gasteiger partial charge in [-0.25, -0.2) is 9.97 Å². The summed E-state index contributed by atoms with van der Waals surface area (Å²) >= 11 is 1.73. The number of rotatable bonds is 3. The molecule has 0 radical (unpaired) electrons. The molecule has 2 aromatic rings. The van der Waals surface area contributed by atoms with Crippen LogP contribution in [0.25, 0.3) is 0 Å². The topological polar surface area (TPSA) is 51.8 Å². The standard InChI is InChI=1S/C11H13N3S/c1-8-13-5-4-11(14-8)10(12)7-9-3-2-6-15-9/h2-6,10H,7,12H2,1H3. The molecular formula is C11H13N3S. The molecule has 0 amide bonds. The number of nitrogens with two attached hydrogens (primary N) is 1. The zero-order valence-corrected chi connectivity index (χ0v) is 9.37. The molecule has 0 aromatic carbocycles. The van der Waals surface area contributed by atoms with Crippen LogP contribution in [0.15, 0.2) is 29.8 Å². The van der Waals surface area contributed by atoms with Crippen LogP contribution in [-0.2, 0) is 6.42 Å². The van der Waals surface area contributed by atoms with Crippen molar-refractivity contribution in [1.82, 2.24) is 9.97 Å². The number of hydrogen-bond acceptors (Lipinski definition) is 4. The summed E-state index contributed by atoms with van der Waals surface area (Å²) in [6.45, 7) is 1.88. The molecule has 2 N–H and O–H groups in total. The Labute approximate surface area is 93.0 Å². The van der Waals surface area contributed by atoms with E-state index >= 15 is 0 Å². The second-order valence-electron chi connectivity index (χ2n) is 3.42. The summed E-state index contributed by atoms with van der Waals surface area (Å²) in [6, 6.07) is 5.98. The van der Waals surface area contributed by atoms with Gasteiger partial charge in [0.2, 0.25) is 0 Å². The highest BCUT2D eigenvalue weighted by atomic mass is 32.1. The van der Waals surface area contributed by atoms with Gasteiger partial charge in [-0.1, -0.05) is 6.07 Å². The lowest BCUT2D eigenvalue weighted by atomic mass is 10.1. The van der Waals surface area contributed by atoms with Crippen molar-refractivity contribution in [2.45, 2.75) is 19.4 Å². The van der Waals surface area contributed by atoms with E-state index in [9.17, 15) is 0 Å². The first-order chi connectivity index (χ1) is 7.25. The van der Waals surface area contributed by atoms with Crippen LogP contribution in [0.3, 0.4) is 0 Å². The highest BCUT2D eigenvalue weighted by molar-refractivity contribution is 7.09. The number of aromatic nitrogens is 2. The molecule has 0 aliphatic heterocycles. The molecule has 2 heterocycles. The van der Waals surface area contributed by atoms with Crippen molar-refractivity contribution in [3.8, 4) is 0 Å². The minimum Gasteiger partial charge on any atom is -0.322 e. The molecule has 78 valence electrons. The zero-order chi connectivity index (χ0) is 10.7. The van der Waals surface area contributed by atoms with Gasteiger partial charge in [0.15, 0.2) is 0 Å². The van der Waals surface area contributed by atoms with Crippen molar-refractivity contribution in [2.75, 3.05) is 0 Å². The summed E-state index contributed by atoms with van der Waals surface area (Å²) in [4.78, 5) is 9.67. The first kappa shape index (κ1) is 10.3. The Balaban J connectivity index is 2.11. The lowest BCUT2D eigenvalue weighted by Gasteiger charge is -2.09. The zero-order valence-electron chi connectivity index (χ0n) is 8.55. The number of thiophene rings is 1. The van der Waals surface area contributed by atoms with E-state index in [0.29, 0.717) is 0 Å². The normalized spacial score (nSPS) is 12.7. The Morgan fingerprint density at radius 2 is 2.33 bits per heavy atom. The molecule has 0 spiro atoms. The Morgan fingerprint density at radius 3 is 3.00 bits per heavy atom. The molecule has 1 atom stereocenters. The minimum atomic E-state index is -0.0367. The fraction of sp³-hybridized carbons (Fsp3) is 0.273. The summed E-state index contributed by atoms with van der Waals surface area (Å²) < 4.78 is 0. The van der Waals surface area contributed by atoms with Crippen LogP contribution in [0, 0.1) is 6.92 Å². The molecule has 2 rings (SSSR count). The van der Waals surface area contributed by atoms with Crippen molar-refractivity contribution >= 4 is 11.3 Å². The Morgan fingerprint density at radius 1 is 1.47 bits per heavy atom. The van der Waals surface area contributed by atoms with E-state index in [4.69, 9.17) is 5.73 Å². The second-order valence-corrected chi connectivity index (χ2v) is 4.45. The monoisotopic (exact) mass is 219 g/mol. The summed E-state index contributed by atoms with van der Waals surface area (Å²) in [5.74, 6) is 0.772. The van der Waals surface area contributed by atoms with Crippen molar-refractivity contribution in [3.05, 3.63) is 46.2 Å². The minimum absolute atomic E-state index is 0.0367. The predicted molar refractivity (Wildman–Crippen MR) is 61.7 cm³/mol. The van der Waals surface area contributed by atoms with Crippen LogP contribution in [-0.4, -0.2) is 9.97 Å². The number of nitrogens with zero attached hydrogens (tertiary/aromatic N) is 2. The summed E-state index contributed by atoms with van der Waals surface area (Å²) in [5.41, 5.74) is 6.98. The highest BCUT2D eigenvalue weighted by Crippen LogP contribution is 2.17. The molecule has 0 saturated carbocycles. The van der Waals surface area contributed by atoms with Gasteiger partial charge in [0.25, 0.3) is 0 Å². The third-order valence-corrected chi connectivity index (χ3v) is 3.08. The van der Waals surface area contributed by atoms with Crippen LogP contribution >= 0.6 is 11.3 Å². The molecule has 15 heavy (non-hydrogen) atoms. The molecule has 0 bridgehead atoms. The summed E-state index contributed by atoms with van der Waals surface area (Å²) in [5, 5.41) is 2.06. The lowest BCUT2D eigenvalue weighted by molar-refractivity contribution is 0.694. The van der Waals surface area contributed by atoms with Crippen molar-refractivity contribution in [2.24, 2.45) is 5.73 Å². The van der Waals surface area contributed by atoms with E-state index < -0.39 is 0 Å². The predicted octanol–water partition coefficient (Wildman–Crippen LogP) is 2.09. The molecule has 2 aromatic heterocycles. The maximum absolute atomic E-state index is 6.07. The molecular weight excluding hydrogens is 206 g/mol. The third kappa shape index (κ3) is 2.61. The number of hydrogen-bond donors (Lipinski definition) is 1. The smallest absolute Gasteiger partial charge is 0.125 e. The van der Waals surface area contributed by atoms with E-state index in [-0.39, 0.29) is 6.04 Å². The molecule has 3 nitrogen and oxygen atoms in total. The molecule has 0 aliphatic rings. The van der Waals surface area contributed by atoms with Gasteiger partial charge in [0.1, 0.15) is 5.82 Å². The van der Waals surface area contributed by atoms with E-state index in [1.807, 2.05) is 19.1 Å². The lowest BCUT2D eigenvalue weighted by Crippen LogP contribution is -2.15. The summed E-state index contributed by atoms with van der Waals surface area (Å²) in [6.07, 6.45) is 2.60. The molecule has 4 heteroatoms. The molecule has 0 fully saturated rings. The third-order valence-electron chi connectivity index (χ3n) is 2.18. The van der Waals surface area contributed by atoms with Crippen molar-refractivity contribution in [1.29, 1.82) is 0 Å². The van der Waals surface area contributed by atoms with Crippen LogP contribution in [0.1, 0.15) is 22.4 Å². The fourth-order valence-corrected chi connectivity index (χ4v) is 2.20. The second kappa shape index (κ2) is 4.51. The largest absolute Gasteiger partial charge is 0.322 e. The van der Waals surface area contributed by atoms with Gasteiger partial charge in [-0.05, 0) is 24.4 Å². The van der Waals surface area contributed by atoms with E-state index in [1.54, 1.807) is 17.5 Å². The van der Waals surface area contributed by atoms with Gasteiger partial charge >= 0.3 is 0 Å². The van der Waals surface area contributed by atoms with Crippen LogP contribution in [0.4, 0.5) is 0 Å². The maximum atomic E-state index is 6.07. The first-order valence-electron chi connectivity index (χ1n) is 4.83. The Hall–Kier alpha value is -1.26. The maximum Gasteiger partial charge on any atom is 0.125 e. The highest BCUT2D eigenvalue weighted by Gasteiger charge is 2.09. The van der Waals surface area contributed by atoms with Crippen molar-refractivity contribution < 1.29 is 0 Å². The average Bonchev–Trinajstić information content (AvgIpc) is 2.70. The van der Waals surface area contributed by atoms with Gasteiger partial charge < -0.3 is 5.73 Å². The van der Waals surface area contributed by atoms with Crippen molar-refractivity contribution in [3.63, 3.8) is 0 Å². The van der Waals surface area contributed by atoms with Gasteiger partial charge in [-0.3, -0.25) is 0 Å². The van der Waals surface area contributed by atoms with Gasteiger partial charge in [-0.2, -0.15) is 0 Å². The van der Waals surface area contributed by atoms with Gasteiger partial charge in [0, 0.05) is 17.5 Å². The van der Waals surface area contributed by atoms with Gasteiger partial charge in [-0.15, -0.1) is 11.3 Å². The molecule has 1 unspecified atom stereocenters. The van der Waals surface area contributed by atoms with Gasteiger partial charge in [0.05, 0.1) is 11.7 Å². The SMILES string of the molecule is Cc1nccc(C(N)Cc2cccs2)n1. The van der Waals surface area contributed by atoms with Crippen LogP contribution < -0.4 is 5.73 Å². The van der Waals surface area contributed by atoms with E-state index in [1.165, 1.54) is 4.88 Å². The summed E-state index contributed by atoms with van der Waals surface area (Å²) in [7, 11) is 0.